The van der Waals surface area contributed by atoms with E-state index < -0.39 is 11.7 Å². The van der Waals surface area contributed by atoms with Crippen molar-refractivity contribution in [2.24, 2.45) is 0 Å². The molecule has 0 saturated carbocycles. The molecule has 1 aromatic carbocycles. The van der Waals surface area contributed by atoms with Crippen molar-refractivity contribution in [2.75, 3.05) is 31.1 Å². The van der Waals surface area contributed by atoms with Crippen molar-refractivity contribution >= 4 is 29.0 Å². The standard InChI is InChI=1S/C15H17ClN2O2/c16-11-4-5-12-13(10-11)18(15(20)14(12)19)9-8-17-6-2-1-3-7-17/h4-5,10H,1-3,6-9H2. The predicted octanol–water partition coefficient (Wildman–Crippen LogP) is 2.36. The Bertz CT molecular complexity index is 553. The zero-order chi connectivity index (χ0) is 14.1. The van der Waals surface area contributed by atoms with Gasteiger partial charge >= 0.3 is 0 Å². The molecule has 2 aliphatic rings. The third-order valence-electron chi connectivity index (χ3n) is 4.02. The summed E-state index contributed by atoms with van der Waals surface area (Å²) in [5.41, 5.74) is 1.13. The van der Waals surface area contributed by atoms with Gasteiger partial charge in [-0.25, -0.2) is 0 Å². The van der Waals surface area contributed by atoms with Gasteiger partial charge in [-0.2, -0.15) is 0 Å². The predicted molar refractivity (Wildman–Crippen MR) is 78.4 cm³/mol. The molecule has 1 aromatic rings. The van der Waals surface area contributed by atoms with Gasteiger partial charge in [-0.05, 0) is 44.1 Å². The molecule has 0 radical (unpaired) electrons. The van der Waals surface area contributed by atoms with Crippen LogP contribution in [0, 0.1) is 0 Å². The highest BCUT2D eigenvalue weighted by molar-refractivity contribution is 6.52. The van der Waals surface area contributed by atoms with Crippen molar-refractivity contribution in [2.45, 2.75) is 19.3 Å². The number of piperidine rings is 1. The number of hydrogen-bond donors (Lipinski definition) is 0. The van der Waals surface area contributed by atoms with Crippen LogP contribution in [0.1, 0.15) is 29.6 Å². The topological polar surface area (TPSA) is 40.6 Å². The van der Waals surface area contributed by atoms with E-state index in [1.54, 1.807) is 23.1 Å². The summed E-state index contributed by atoms with van der Waals surface area (Å²) in [6.45, 7) is 3.53. The number of nitrogens with zero attached hydrogens (tertiary/aromatic N) is 2. The highest BCUT2D eigenvalue weighted by Gasteiger charge is 2.35. The van der Waals surface area contributed by atoms with E-state index in [1.807, 2.05) is 0 Å². The maximum atomic E-state index is 12.1. The molecule has 4 nitrogen and oxygen atoms in total. The van der Waals surface area contributed by atoms with Crippen LogP contribution in [-0.4, -0.2) is 42.8 Å². The quantitative estimate of drug-likeness (QED) is 0.803. The number of halogens is 1. The van der Waals surface area contributed by atoms with Gasteiger partial charge in [0.2, 0.25) is 0 Å². The number of carbonyl (C=O) groups excluding carboxylic acids is 2. The van der Waals surface area contributed by atoms with Gasteiger partial charge in [-0.15, -0.1) is 0 Å². The van der Waals surface area contributed by atoms with Gasteiger partial charge in [0.1, 0.15) is 0 Å². The smallest absolute Gasteiger partial charge is 0.299 e. The Morgan fingerprint density at radius 2 is 1.80 bits per heavy atom. The van der Waals surface area contributed by atoms with Crippen LogP contribution in [0.4, 0.5) is 5.69 Å². The highest BCUT2D eigenvalue weighted by atomic mass is 35.5. The summed E-state index contributed by atoms with van der Waals surface area (Å²) in [5.74, 6) is -0.852. The van der Waals surface area contributed by atoms with Gasteiger partial charge < -0.3 is 9.80 Å². The minimum atomic E-state index is -0.431. The number of benzene rings is 1. The largest absolute Gasteiger partial charge is 0.303 e. The van der Waals surface area contributed by atoms with Crippen LogP contribution in [0.3, 0.4) is 0 Å². The summed E-state index contributed by atoms with van der Waals surface area (Å²) in [7, 11) is 0. The first-order valence-electron chi connectivity index (χ1n) is 7.05. The van der Waals surface area contributed by atoms with Crippen molar-refractivity contribution in [1.82, 2.24) is 4.90 Å². The van der Waals surface area contributed by atoms with Crippen molar-refractivity contribution in [1.29, 1.82) is 0 Å². The molecular formula is C15H17ClN2O2. The third-order valence-corrected chi connectivity index (χ3v) is 4.26. The number of ketones is 1. The first-order chi connectivity index (χ1) is 9.66. The second-order valence-corrected chi connectivity index (χ2v) is 5.79. The molecule has 2 aliphatic heterocycles. The molecule has 3 rings (SSSR count). The monoisotopic (exact) mass is 292 g/mol. The maximum absolute atomic E-state index is 12.1. The molecule has 2 heterocycles. The Labute approximate surface area is 123 Å². The summed E-state index contributed by atoms with van der Waals surface area (Å²) < 4.78 is 0. The second-order valence-electron chi connectivity index (χ2n) is 5.35. The molecule has 5 heteroatoms. The molecular weight excluding hydrogens is 276 g/mol. The van der Waals surface area contributed by atoms with Crippen molar-refractivity contribution in [3.05, 3.63) is 28.8 Å². The third kappa shape index (κ3) is 2.45. The number of likely N-dealkylation sites (tertiary alicyclic amines) is 1. The lowest BCUT2D eigenvalue weighted by Crippen LogP contribution is -2.40. The molecule has 1 fully saturated rings. The fourth-order valence-electron chi connectivity index (χ4n) is 2.91. The number of carbonyl (C=O) groups is 2. The van der Waals surface area contributed by atoms with Crippen LogP contribution < -0.4 is 4.90 Å². The van der Waals surface area contributed by atoms with Gasteiger partial charge in [-0.1, -0.05) is 18.0 Å². The Morgan fingerprint density at radius 3 is 2.55 bits per heavy atom. The lowest BCUT2D eigenvalue weighted by Gasteiger charge is -2.28. The second kappa shape index (κ2) is 5.54. The summed E-state index contributed by atoms with van der Waals surface area (Å²) in [4.78, 5) is 27.9. The average molecular weight is 293 g/mol. The Balaban J connectivity index is 1.75. The van der Waals surface area contributed by atoms with Crippen molar-refractivity contribution in [3.8, 4) is 0 Å². The van der Waals surface area contributed by atoms with Crippen LogP contribution >= 0.6 is 11.6 Å². The molecule has 0 spiro atoms. The van der Waals surface area contributed by atoms with Crippen LogP contribution in [0.2, 0.25) is 5.02 Å². The normalized spacial score (nSPS) is 19.6. The van der Waals surface area contributed by atoms with E-state index in [0.717, 1.165) is 19.6 Å². The fraction of sp³-hybridized carbons (Fsp3) is 0.467. The fourth-order valence-corrected chi connectivity index (χ4v) is 3.08. The van der Waals surface area contributed by atoms with Gasteiger partial charge in [0.25, 0.3) is 11.7 Å². The summed E-state index contributed by atoms with van der Waals surface area (Å²) in [5, 5.41) is 0.550. The average Bonchev–Trinajstić information content (AvgIpc) is 2.70. The Kier molecular flexibility index (Phi) is 3.76. The van der Waals surface area contributed by atoms with E-state index in [4.69, 9.17) is 11.6 Å². The number of hydrogen-bond acceptors (Lipinski definition) is 3. The number of rotatable bonds is 3. The minimum absolute atomic E-state index is 0.421. The maximum Gasteiger partial charge on any atom is 0.299 e. The lowest BCUT2D eigenvalue weighted by molar-refractivity contribution is -0.114. The molecule has 0 bridgehead atoms. The molecule has 20 heavy (non-hydrogen) atoms. The first-order valence-corrected chi connectivity index (χ1v) is 7.43. The highest BCUT2D eigenvalue weighted by Crippen LogP contribution is 2.31. The van der Waals surface area contributed by atoms with Gasteiger partial charge in [0.05, 0.1) is 11.3 Å². The number of amides is 1. The molecule has 1 saturated heterocycles. The number of Topliss-reactive ketones (excluding diaryl/α,β-unsaturated/α-hetero) is 1. The Hall–Kier alpha value is -1.39. The SMILES string of the molecule is O=C1C(=O)N(CCN2CCCCC2)c2cc(Cl)ccc21. The van der Waals surface area contributed by atoms with Gasteiger partial charge in [0, 0.05) is 18.1 Å². The van der Waals surface area contributed by atoms with Crippen LogP contribution in [-0.2, 0) is 4.79 Å². The molecule has 0 N–H and O–H groups in total. The summed E-state index contributed by atoms with van der Waals surface area (Å²) in [6.07, 6.45) is 3.72. The number of anilines is 1. The molecule has 0 aliphatic carbocycles. The lowest BCUT2D eigenvalue weighted by atomic mass is 10.1. The zero-order valence-electron chi connectivity index (χ0n) is 11.3. The summed E-state index contributed by atoms with van der Waals surface area (Å²) >= 11 is 5.97. The van der Waals surface area contributed by atoms with Crippen molar-refractivity contribution in [3.63, 3.8) is 0 Å². The zero-order valence-corrected chi connectivity index (χ0v) is 12.0. The van der Waals surface area contributed by atoms with E-state index in [9.17, 15) is 9.59 Å². The minimum Gasteiger partial charge on any atom is -0.303 e. The van der Waals surface area contributed by atoms with Crippen LogP contribution in [0.5, 0.6) is 0 Å². The van der Waals surface area contributed by atoms with Crippen LogP contribution in [0.25, 0.3) is 0 Å². The number of fused-ring (bicyclic) bond motifs is 1. The first kappa shape index (κ1) is 13.6. The van der Waals surface area contributed by atoms with Gasteiger partial charge in [-0.3, -0.25) is 9.59 Å². The molecule has 0 unspecified atom stereocenters. The van der Waals surface area contributed by atoms with Crippen molar-refractivity contribution < 1.29 is 9.59 Å². The van der Waals surface area contributed by atoms with E-state index >= 15 is 0 Å². The van der Waals surface area contributed by atoms with Gasteiger partial charge in [0.15, 0.2) is 0 Å². The Morgan fingerprint density at radius 1 is 1.05 bits per heavy atom. The molecule has 106 valence electrons. The van der Waals surface area contributed by atoms with E-state index in [2.05, 4.69) is 4.90 Å². The van der Waals surface area contributed by atoms with E-state index in [1.165, 1.54) is 19.3 Å². The molecule has 0 atom stereocenters. The van der Waals surface area contributed by atoms with E-state index in [-0.39, 0.29) is 0 Å². The molecule has 0 aromatic heterocycles. The van der Waals surface area contributed by atoms with Crippen LogP contribution in [0.15, 0.2) is 18.2 Å². The molecule has 1 amide bonds. The summed E-state index contributed by atoms with van der Waals surface area (Å²) in [6, 6.07) is 4.99. The van der Waals surface area contributed by atoms with E-state index in [0.29, 0.717) is 22.8 Å².